The maximum absolute atomic E-state index is 5.96. The van der Waals surface area contributed by atoms with Crippen LogP contribution in [0.25, 0.3) is 11.3 Å². The molecule has 4 heteroatoms. The molecule has 76 valence electrons. The second-order valence-electron chi connectivity index (χ2n) is 3.42. The van der Waals surface area contributed by atoms with Gasteiger partial charge in [0.1, 0.15) is 12.0 Å². The van der Waals surface area contributed by atoms with Gasteiger partial charge in [0.2, 0.25) is 0 Å². The first-order valence-electron chi connectivity index (χ1n) is 4.59. The zero-order chi connectivity index (χ0) is 10.8. The largest absolute Gasteiger partial charge is 0.220 e. The van der Waals surface area contributed by atoms with Crippen LogP contribution >= 0.6 is 11.6 Å². The average molecular weight is 220 g/mol. The van der Waals surface area contributed by atoms with Gasteiger partial charge in [0.25, 0.3) is 0 Å². The molecule has 0 fully saturated rings. The monoisotopic (exact) mass is 219 g/mol. The smallest absolute Gasteiger partial charge is 0.159 e. The van der Waals surface area contributed by atoms with Gasteiger partial charge in [-0.25, -0.2) is 4.98 Å². The molecular formula is C11H10ClN3. The van der Waals surface area contributed by atoms with Gasteiger partial charge in [-0.05, 0) is 19.4 Å². The molecule has 0 aliphatic carbocycles. The number of rotatable bonds is 1. The van der Waals surface area contributed by atoms with E-state index < -0.39 is 0 Å². The summed E-state index contributed by atoms with van der Waals surface area (Å²) in [5.74, 6) is 0. The fraction of sp³-hybridized carbons (Fsp3) is 0.182. The molecular weight excluding hydrogens is 210 g/mol. The lowest BCUT2D eigenvalue weighted by molar-refractivity contribution is 0.975. The van der Waals surface area contributed by atoms with Gasteiger partial charge in [0, 0.05) is 5.56 Å². The zero-order valence-electron chi connectivity index (χ0n) is 8.53. The fourth-order valence-corrected chi connectivity index (χ4v) is 1.69. The SMILES string of the molecule is Cc1ccc(-c2nncnc2Cl)c(C)c1. The minimum absolute atomic E-state index is 0.386. The predicted molar refractivity (Wildman–Crippen MR) is 59.7 cm³/mol. The van der Waals surface area contributed by atoms with Crippen LogP contribution in [-0.2, 0) is 0 Å². The van der Waals surface area contributed by atoms with Crippen molar-refractivity contribution in [3.05, 3.63) is 40.8 Å². The minimum atomic E-state index is 0.386. The Labute approximate surface area is 93.1 Å². The lowest BCUT2D eigenvalue weighted by Gasteiger charge is -2.05. The van der Waals surface area contributed by atoms with E-state index in [9.17, 15) is 0 Å². The Balaban J connectivity index is 2.60. The highest BCUT2D eigenvalue weighted by Gasteiger charge is 2.08. The molecule has 1 aromatic carbocycles. The first-order valence-corrected chi connectivity index (χ1v) is 4.97. The van der Waals surface area contributed by atoms with Crippen molar-refractivity contribution in [1.82, 2.24) is 15.2 Å². The van der Waals surface area contributed by atoms with E-state index in [-0.39, 0.29) is 0 Å². The summed E-state index contributed by atoms with van der Waals surface area (Å²) in [7, 11) is 0. The van der Waals surface area contributed by atoms with Crippen LogP contribution < -0.4 is 0 Å². The zero-order valence-corrected chi connectivity index (χ0v) is 9.28. The lowest BCUT2D eigenvalue weighted by Crippen LogP contribution is -1.93. The van der Waals surface area contributed by atoms with Gasteiger partial charge in [-0.1, -0.05) is 35.4 Å². The van der Waals surface area contributed by atoms with Crippen molar-refractivity contribution in [2.75, 3.05) is 0 Å². The summed E-state index contributed by atoms with van der Waals surface area (Å²) in [4.78, 5) is 3.91. The molecule has 0 aliphatic rings. The van der Waals surface area contributed by atoms with E-state index >= 15 is 0 Å². The molecule has 0 atom stereocenters. The predicted octanol–water partition coefficient (Wildman–Crippen LogP) is 2.81. The van der Waals surface area contributed by atoms with Gasteiger partial charge in [-0.2, -0.15) is 0 Å². The summed E-state index contributed by atoms with van der Waals surface area (Å²) in [6, 6.07) is 6.09. The third-order valence-electron chi connectivity index (χ3n) is 2.21. The number of aryl methyl sites for hydroxylation is 2. The van der Waals surface area contributed by atoms with Crippen molar-refractivity contribution in [3.8, 4) is 11.3 Å². The summed E-state index contributed by atoms with van der Waals surface area (Å²) in [6.45, 7) is 4.07. The molecule has 0 saturated carbocycles. The third kappa shape index (κ3) is 1.97. The van der Waals surface area contributed by atoms with Gasteiger partial charge in [0.15, 0.2) is 5.15 Å². The molecule has 0 N–H and O–H groups in total. The first-order chi connectivity index (χ1) is 7.18. The van der Waals surface area contributed by atoms with E-state index in [0.717, 1.165) is 11.1 Å². The van der Waals surface area contributed by atoms with Crippen molar-refractivity contribution in [1.29, 1.82) is 0 Å². The highest BCUT2D eigenvalue weighted by molar-refractivity contribution is 6.31. The van der Waals surface area contributed by atoms with E-state index in [1.807, 2.05) is 26.0 Å². The Morgan fingerprint density at radius 2 is 2.00 bits per heavy atom. The van der Waals surface area contributed by atoms with Crippen LogP contribution in [0.4, 0.5) is 0 Å². The van der Waals surface area contributed by atoms with Crippen LogP contribution in [0.2, 0.25) is 5.15 Å². The lowest BCUT2D eigenvalue weighted by atomic mass is 10.0. The van der Waals surface area contributed by atoms with Crippen LogP contribution in [0.5, 0.6) is 0 Å². The van der Waals surface area contributed by atoms with Crippen LogP contribution in [0.15, 0.2) is 24.5 Å². The number of halogens is 1. The summed E-state index contributed by atoms with van der Waals surface area (Å²) < 4.78 is 0. The summed E-state index contributed by atoms with van der Waals surface area (Å²) in [5.41, 5.74) is 3.95. The molecule has 0 radical (unpaired) electrons. The average Bonchev–Trinajstić information content (AvgIpc) is 2.20. The molecule has 0 spiro atoms. The van der Waals surface area contributed by atoms with Crippen molar-refractivity contribution >= 4 is 11.6 Å². The summed E-state index contributed by atoms with van der Waals surface area (Å²) in [5, 5.41) is 8.12. The van der Waals surface area contributed by atoms with Gasteiger partial charge < -0.3 is 0 Å². The Kier molecular flexibility index (Phi) is 2.64. The molecule has 0 bridgehead atoms. The second-order valence-corrected chi connectivity index (χ2v) is 3.78. The van der Waals surface area contributed by atoms with Crippen molar-refractivity contribution < 1.29 is 0 Å². The Morgan fingerprint density at radius 1 is 1.20 bits per heavy atom. The van der Waals surface area contributed by atoms with E-state index in [1.165, 1.54) is 11.9 Å². The fourth-order valence-electron chi connectivity index (χ4n) is 1.51. The number of nitrogens with zero attached hydrogens (tertiary/aromatic N) is 3. The number of benzene rings is 1. The van der Waals surface area contributed by atoms with Gasteiger partial charge in [-0.15, -0.1) is 10.2 Å². The number of hydrogen-bond acceptors (Lipinski definition) is 3. The first kappa shape index (κ1) is 10.1. The summed E-state index contributed by atoms with van der Waals surface area (Å²) in [6.07, 6.45) is 1.34. The quantitative estimate of drug-likeness (QED) is 0.740. The van der Waals surface area contributed by atoms with E-state index in [1.54, 1.807) is 0 Å². The van der Waals surface area contributed by atoms with E-state index in [2.05, 4.69) is 21.2 Å². The Bertz CT molecular complexity index is 497. The van der Waals surface area contributed by atoms with Crippen LogP contribution in [-0.4, -0.2) is 15.2 Å². The van der Waals surface area contributed by atoms with E-state index in [4.69, 9.17) is 11.6 Å². The molecule has 0 unspecified atom stereocenters. The van der Waals surface area contributed by atoms with Gasteiger partial charge in [0.05, 0.1) is 0 Å². The van der Waals surface area contributed by atoms with Gasteiger partial charge >= 0.3 is 0 Å². The number of hydrogen-bond donors (Lipinski definition) is 0. The molecule has 0 saturated heterocycles. The van der Waals surface area contributed by atoms with E-state index in [0.29, 0.717) is 10.8 Å². The van der Waals surface area contributed by atoms with Crippen molar-refractivity contribution in [2.45, 2.75) is 13.8 Å². The van der Waals surface area contributed by atoms with Crippen LogP contribution in [0.3, 0.4) is 0 Å². The molecule has 0 amide bonds. The maximum Gasteiger partial charge on any atom is 0.159 e. The van der Waals surface area contributed by atoms with Crippen molar-refractivity contribution in [2.24, 2.45) is 0 Å². The normalized spacial score (nSPS) is 10.3. The second kappa shape index (κ2) is 3.95. The highest BCUT2D eigenvalue weighted by Crippen LogP contribution is 2.26. The summed E-state index contributed by atoms with van der Waals surface area (Å²) >= 11 is 5.96. The molecule has 1 heterocycles. The van der Waals surface area contributed by atoms with Gasteiger partial charge in [-0.3, -0.25) is 0 Å². The maximum atomic E-state index is 5.96. The van der Waals surface area contributed by atoms with Crippen molar-refractivity contribution in [3.63, 3.8) is 0 Å². The Hall–Kier alpha value is -1.48. The minimum Gasteiger partial charge on any atom is -0.220 e. The molecule has 3 nitrogen and oxygen atoms in total. The van der Waals surface area contributed by atoms with Crippen LogP contribution in [0.1, 0.15) is 11.1 Å². The van der Waals surface area contributed by atoms with Crippen LogP contribution in [0, 0.1) is 13.8 Å². The Morgan fingerprint density at radius 3 is 2.67 bits per heavy atom. The molecule has 2 aromatic rings. The topological polar surface area (TPSA) is 38.7 Å². The highest BCUT2D eigenvalue weighted by atomic mass is 35.5. The molecule has 2 rings (SSSR count). The molecule has 0 aliphatic heterocycles. The molecule has 1 aromatic heterocycles. The standard InChI is InChI=1S/C11H10ClN3/c1-7-3-4-9(8(2)5-7)10-11(12)13-6-14-15-10/h3-6H,1-2H3. The number of aromatic nitrogens is 3. The molecule has 15 heavy (non-hydrogen) atoms. The third-order valence-corrected chi connectivity index (χ3v) is 2.49.